The number of H-pyrrole nitrogens is 1. The Labute approximate surface area is 148 Å². The van der Waals surface area contributed by atoms with Gasteiger partial charge < -0.3 is 20.1 Å². The summed E-state index contributed by atoms with van der Waals surface area (Å²) in [6, 6.07) is 2.38. The van der Waals surface area contributed by atoms with Crippen LogP contribution < -0.4 is 20.1 Å². The van der Waals surface area contributed by atoms with Gasteiger partial charge in [-0.3, -0.25) is 5.10 Å². The number of nitrogens with zero attached hydrogens (tertiary/aromatic N) is 3. The summed E-state index contributed by atoms with van der Waals surface area (Å²) < 4.78 is 34.4. The number of nitrogens with one attached hydrogen (secondary N) is 3. The minimum Gasteiger partial charge on any atom is -0.473 e. The summed E-state index contributed by atoms with van der Waals surface area (Å²) >= 11 is 0. The van der Waals surface area contributed by atoms with Crippen molar-refractivity contribution in [2.75, 3.05) is 5.32 Å². The van der Waals surface area contributed by atoms with Gasteiger partial charge in [-0.05, 0) is 25.7 Å². The summed E-state index contributed by atoms with van der Waals surface area (Å²) in [6.45, 7) is -2.92. The molecule has 26 heavy (non-hydrogen) atoms. The highest BCUT2D eigenvalue weighted by Crippen LogP contribution is 2.28. The highest BCUT2D eigenvalue weighted by atomic mass is 19.3. The summed E-state index contributed by atoms with van der Waals surface area (Å²) in [7, 11) is 0. The van der Waals surface area contributed by atoms with E-state index in [0.29, 0.717) is 29.6 Å². The number of hydrogen-bond donors (Lipinski definition) is 3. The number of hydrogen-bond acceptors (Lipinski definition) is 7. The summed E-state index contributed by atoms with van der Waals surface area (Å²) in [4.78, 5) is 8.50. The number of halogens is 2. The summed E-state index contributed by atoms with van der Waals surface area (Å²) in [5.74, 6) is 1.08. The molecule has 0 saturated carbocycles. The van der Waals surface area contributed by atoms with Crippen LogP contribution in [0.1, 0.15) is 32.1 Å². The fraction of sp³-hybridized carbons (Fsp3) is 0.562. The second-order valence-corrected chi connectivity index (χ2v) is 6.57. The molecule has 0 amide bonds. The third-order valence-electron chi connectivity index (χ3n) is 4.61. The van der Waals surface area contributed by atoms with Crippen molar-refractivity contribution in [3.8, 4) is 11.8 Å². The van der Waals surface area contributed by atoms with Crippen molar-refractivity contribution in [3.63, 3.8) is 0 Å². The summed E-state index contributed by atoms with van der Waals surface area (Å²) in [5, 5.41) is 12.6. The minimum atomic E-state index is -2.92. The molecule has 8 nitrogen and oxygen atoms in total. The van der Waals surface area contributed by atoms with Gasteiger partial charge in [0.25, 0.3) is 0 Å². The molecule has 2 aromatic heterocycles. The lowest BCUT2D eigenvalue weighted by Gasteiger charge is -2.39. The van der Waals surface area contributed by atoms with Crippen LogP contribution in [-0.2, 0) is 0 Å². The molecule has 2 aliphatic heterocycles. The van der Waals surface area contributed by atoms with E-state index in [9.17, 15) is 8.78 Å². The number of anilines is 2. The molecular weight excluding hydrogens is 346 g/mol. The van der Waals surface area contributed by atoms with Crippen LogP contribution in [0.4, 0.5) is 20.4 Å². The van der Waals surface area contributed by atoms with Crippen molar-refractivity contribution < 1.29 is 18.3 Å². The summed E-state index contributed by atoms with van der Waals surface area (Å²) in [6.07, 6.45) is 8.88. The maximum atomic E-state index is 12.1. The fourth-order valence-corrected chi connectivity index (χ4v) is 3.58. The van der Waals surface area contributed by atoms with Crippen molar-refractivity contribution >= 4 is 11.6 Å². The van der Waals surface area contributed by atoms with Crippen LogP contribution in [0.5, 0.6) is 11.8 Å². The first-order chi connectivity index (χ1) is 12.6. The lowest BCUT2D eigenvalue weighted by molar-refractivity contribution is -0.0528. The summed E-state index contributed by atoms with van der Waals surface area (Å²) in [5.41, 5.74) is 0. The molecule has 2 aliphatic rings. The van der Waals surface area contributed by atoms with Gasteiger partial charge in [0.15, 0.2) is 0 Å². The molecule has 2 bridgehead atoms. The normalized spacial score (nSPS) is 25.1. The molecular formula is C16H20F2N6O2. The Hall–Kier alpha value is -2.49. The number of aromatic amines is 1. The zero-order chi connectivity index (χ0) is 17.9. The van der Waals surface area contributed by atoms with E-state index < -0.39 is 6.61 Å². The lowest BCUT2D eigenvalue weighted by Crippen LogP contribution is -2.51. The van der Waals surface area contributed by atoms with Gasteiger partial charge in [0.2, 0.25) is 11.8 Å². The van der Waals surface area contributed by atoms with Gasteiger partial charge in [0.05, 0.1) is 12.4 Å². The van der Waals surface area contributed by atoms with E-state index in [2.05, 4.69) is 35.5 Å². The molecule has 140 valence electrons. The number of piperidine rings is 2. The molecule has 3 N–H and O–H groups in total. The third kappa shape index (κ3) is 4.18. The Kier molecular flexibility index (Phi) is 4.83. The highest BCUT2D eigenvalue weighted by Gasteiger charge is 2.32. The molecule has 2 unspecified atom stereocenters. The van der Waals surface area contributed by atoms with E-state index in [4.69, 9.17) is 4.74 Å². The Morgan fingerprint density at radius 3 is 2.62 bits per heavy atom. The first-order valence-corrected chi connectivity index (χ1v) is 8.66. The molecule has 0 radical (unpaired) electrons. The number of ether oxygens (including phenoxy) is 2. The maximum Gasteiger partial charge on any atom is 0.388 e. The second kappa shape index (κ2) is 7.40. The Morgan fingerprint density at radius 2 is 1.92 bits per heavy atom. The molecule has 2 aromatic rings. The van der Waals surface area contributed by atoms with Crippen molar-refractivity contribution in [1.82, 2.24) is 25.5 Å². The van der Waals surface area contributed by atoms with Gasteiger partial charge >= 0.3 is 6.61 Å². The van der Waals surface area contributed by atoms with Crippen LogP contribution in [0.2, 0.25) is 0 Å². The standard InChI is InChI=1S/C16H20F2N6O2/c17-16(18)26-14-6-12(23-24-14)22-13-7-20-15(8-19-13)25-11-4-9-2-1-3-10(5-11)21-9/h6-11,16,21H,1-5H2,(H2,19,22,23,24). The van der Waals surface area contributed by atoms with Crippen LogP contribution in [0.3, 0.4) is 0 Å². The maximum absolute atomic E-state index is 12.1. The predicted octanol–water partition coefficient (Wildman–Crippen LogP) is 2.60. The predicted molar refractivity (Wildman–Crippen MR) is 88.7 cm³/mol. The first kappa shape index (κ1) is 17.0. The van der Waals surface area contributed by atoms with Crippen LogP contribution in [0, 0.1) is 0 Å². The average Bonchev–Trinajstić information content (AvgIpc) is 3.02. The largest absolute Gasteiger partial charge is 0.473 e. The SMILES string of the molecule is FC(F)Oc1cc(Nc2cnc(OC3CC4CCCC(C3)N4)cn2)[nH]n1. The monoisotopic (exact) mass is 366 g/mol. The Morgan fingerprint density at radius 1 is 1.12 bits per heavy atom. The Bertz CT molecular complexity index is 714. The van der Waals surface area contributed by atoms with Crippen LogP contribution in [0.15, 0.2) is 18.5 Å². The van der Waals surface area contributed by atoms with Crippen molar-refractivity contribution in [3.05, 3.63) is 18.5 Å². The molecule has 2 saturated heterocycles. The van der Waals surface area contributed by atoms with Gasteiger partial charge in [-0.2, -0.15) is 8.78 Å². The molecule has 10 heteroatoms. The Balaban J connectivity index is 1.32. The third-order valence-corrected chi connectivity index (χ3v) is 4.61. The van der Waals surface area contributed by atoms with Crippen molar-refractivity contribution in [1.29, 1.82) is 0 Å². The topological polar surface area (TPSA) is 97.0 Å². The number of fused-ring (bicyclic) bond motifs is 2. The molecule has 2 atom stereocenters. The first-order valence-electron chi connectivity index (χ1n) is 8.66. The average molecular weight is 366 g/mol. The number of rotatable bonds is 6. The smallest absolute Gasteiger partial charge is 0.388 e. The van der Waals surface area contributed by atoms with Crippen LogP contribution in [0.25, 0.3) is 0 Å². The van der Waals surface area contributed by atoms with E-state index in [1.807, 2.05) is 0 Å². The highest BCUT2D eigenvalue weighted by molar-refractivity contribution is 5.51. The number of alkyl halides is 2. The molecule has 0 aliphatic carbocycles. The van der Waals surface area contributed by atoms with Gasteiger partial charge in [0.1, 0.15) is 17.7 Å². The minimum absolute atomic E-state index is 0.154. The van der Waals surface area contributed by atoms with E-state index in [1.54, 1.807) is 6.20 Å². The van der Waals surface area contributed by atoms with Crippen molar-refractivity contribution in [2.24, 2.45) is 0 Å². The number of aromatic nitrogens is 4. The quantitative estimate of drug-likeness (QED) is 0.723. The van der Waals surface area contributed by atoms with Gasteiger partial charge in [-0.15, -0.1) is 5.10 Å². The zero-order valence-corrected chi connectivity index (χ0v) is 14.0. The van der Waals surface area contributed by atoms with E-state index >= 15 is 0 Å². The molecule has 4 heterocycles. The van der Waals surface area contributed by atoms with E-state index in [-0.39, 0.29) is 12.0 Å². The molecule has 0 spiro atoms. The van der Waals surface area contributed by atoms with Crippen LogP contribution in [-0.4, -0.2) is 45.0 Å². The van der Waals surface area contributed by atoms with Gasteiger partial charge in [-0.25, -0.2) is 9.97 Å². The molecule has 4 rings (SSSR count). The van der Waals surface area contributed by atoms with Crippen molar-refractivity contribution in [2.45, 2.75) is 56.9 Å². The molecule has 0 aromatic carbocycles. The van der Waals surface area contributed by atoms with Gasteiger partial charge in [0, 0.05) is 18.2 Å². The van der Waals surface area contributed by atoms with Gasteiger partial charge in [-0.1, -0.05) is 6.42 Å². The fourth-order valence-electron chi connectivity index (χ4n) is 3.58. The van der Waals surface area contributed by atoms with E-state index in [0.717, 1.165) is 12.8 Å². The zero-order valence-electron chi connectivity index (χ0n) is 14.0. The van der Waals surface area contributed by atoms with Crippen LogP contribution >= 0.6 is 0 Å². The second-order valence-electron chi connectivity index (χ2n) is 6.57. The lowest BCUT2D eigenvalue weighted by atomic mass is 9.85. The van der Waals surface area contributed by atoms with E-state index in [1.165, 1.54) is 31.5 Å². The molecule has 2 fully saturated rings.